The van der Waals surface area contributed by atoms with Crippen LogP contribution in [0, 0.1) is 5.92 Å². The van der Waals surface area contributed by atoms with Gasteiger partial charge in [-0.15, -0.1) is 0 Å². The molecule has 0 aliphatic carbocycles. The Morgan fingerprint density at radius 1 is 1.28 bits per heavy atom. The molecule has 1 aromatic carbocycles. The lowest BCUT2D eigenvalue weighted by atomic mass is 9.92. The van der Waals surface area contributed by atoms with E-state index >= 15 is 0 Å². The van der Waals surface area contributed by atoms with Crippen LogP contribution in [0.4, 0.5) is 14.7 Å². The zero-order valence-electron chi connectivity index (χ0n) is 13.7. The SMILES string of the molecule is COc1cc(Cl)nc(N2CCC(F)(F)C(/C=C/c3ccccc3)C2)n1. The highest BCUT2D eigenvalue weighted by molar-refractivity contribution is 6.29. The van der Waals surface area contributed by atoms with Crippen molar-refractivity contribution in [3.63, 3.8) is 0 Å². The molecule has 0 amide bonds. The minimum Gasteiger partial charge on any atom is -0.481 e. The van der Waals surface area contributed by atoms with Crippen LogP contribution in [0.15, 0.2) is 42.5 Å². The lowest BCUT2D eigenvalue weighted by molar-refractivity contribution is -0.0544. The molecule has 2 heterocycles. The van der Waals surface area contributed by atoms with Crippen LogP contribution in [0.1, 0.15) is 12.0 Å². The highest BCUT2D eigenvalue weighted by Gasteiger charge is 2.43. The molecule has 1 saturated heterocycles. The summed E-state index contributed by atoms with van der Waals surface area (Å²) in [5.41, 5.74) is 0.885. The maximum Gasteiger partial charge on any atom is 0.257 e. The summed E-state index contributed by atoms with van der Waals surface area (Å²) < 4.78 is 33.7. The first-order valence-electron chi connectivity index (χ1n) is 7.92. The number of hydrogen-bond donors (Lipinski definition) is 0. The molecule has 132 valence electrons. The fraction of sp³-hybridized carbons (Fsp3) is 0.333. The molecule has 0 saturated carbocycles. The van der Waals surface area contributed by atoms with Gasteiger partial charge in [-0.25, -0.2) is 13.8 Å². The number of alkyl halides is 2. The van der Waals surface area contributed by atoms with E-state index < -0.39 is 11.8 Å². The lowest BCUT2D eigenvalue weighted by Gasteiger charge is -2.37. The number of halogens is 3. The molecule has 1 unspecified atom stereocenters. The normalized spacial score (nSPS) is 20.0. The molecule has 25 heavy (non-hydrogen) atoms. The van der Waals surface area contributed by atoms with Crippen LogP contribution in [0.25, 0.3) is 6.08 Å². The Morgan fingerprint density at radius 2 is 2.04 bits per heavy atom. The predicted octanol–water partition coefficient (Wildman–Crippen LogP) is 4.31. The summed E-state index contributed by atoms with van der Waals surface area (Å²) in [6.07, 6.45) is 3.01. The second-order valence-electron chi connectivity index (χ2n) is 5.87. The number of rotatable bonds is 4. The smallest absolute Gasteiger partial charge is 0.257 e. The number of nitrogens with zero attached hydrogens (tertiary/aromatic N) is 3. The summed E-state index contributed by atoms with van der Waals surface area (Å²) >= 11 is 5.96. The predicted molar refractivity (Wildman–Crippen MR) is 94.3 cm³/mol. The van der Waals surface area contributed by atoms with Gasteiger partial charge < -0.3 is 9.64 Å². The Morgan fingerprint density at radius 3 is 2.76 bits per heavy atom. The summed E-state index contributed by atoms with van der Waals surface area (Å²) in [7, 11) is 1.47. The van der Waals surface area contributed by atoms with Gasteiger partial charge in [0.05, 0.1) is 13.0 Å². The fourth-order valence-corrected chi connectivity index (χ4v) is 2.91. The van der Waals surface area contributed by atoms with Crippen LogP contribution in [0.2, 0.25) is 5.15 Å². The van der Waals surface area contributed by atoms with Gasteiger partial charge in [0, 0.05) is 25.6 Å². The van der Waals surface area contributed by atoms with Gasteiger partial charge in [0.2, 0.25) is 11.8 Å². The van der Waals surface area contributed by atoms with Crippen molar-refractivity contribution in [3.8, 4) is 5.88 Å². The van der Waals surface area contributed by atoms with Crippen molar-refractivity contribution >= 4 is 23.6 Å². The molecule has 0 N–H and O–H groups in total. The van der Waals surface area contributed by atoms with E-state index in [0.29, 0.717) is 11.8 Å². The molecule has 2 aromatic rings. The van der Waals surface area contributed by atoms with Crippen LogP contribution in [0.3, 0.4) is 0 Å². The first-order valence-corrected chi connectivity index (χ1v) is 8.30. The second-order valence-corrected chi connectivity index (χ2v) is 6.25. The van der Waals surface area contributed by atoms with Crippen molar-refractivity contribution in [2.75, 3.05) is 25.1 Å². The van der Waals surface area contributed by atoms with Crippen molar-refractivity contribution in [3.05, 3.63) is 53.2 Å². The quantitative estimate of drug-likeness (QED) is 0.756. The third-order valence-electron chi connectivity index (χ3n) is 4.15. The van der Waals surface area contributed by atoms with E-state index in [1.54, 1.807) is 17.1 Å². The Balaban J connectivity index is 1.81. The molecule has 1 aliphatic heterocycles. The van der Waals surface area contributed by atoms with Gasteiger partial charge in [-0.1, -0.05) is 54.1 Å². The maximum atomic E-state index is 14.3. The first-order chi connectivity index (χ1) is 12.0. The monoisotopic (exact) mass is 365 g/mol. The number of ether oxygens (including phenoxy) is 1. The fourth-order valence-electron chi connectivity index (χ4n) is 2.74. The lowest BCUT2D eigenvalue weighted by Crippen LogP contribution is -2.47. The molecule has 1 aromatic heterocycles. The first kappa shape index (κ1) is 17.6. The summed E-state index contributed by atoms with van der Waals surface area (Å²) in [6.45, 7) is 0.270. The van der Waals surface area contributed by atoms with Crippen molar-refractivity contribution in [2.24, 2.45) is 5.92 Å². The topological polar surface area (TPSA) is 38.2 Å². The molecule has 4 nitrogen and oxygen atoms in total. The zero-order valence-corrected chi connectivity index (χ0v) is 14.5. The van der Waals surface area contributed by atoms with Crippen molar-refractivity contribution < 1.29 is 13.5 Å². The van der Waals surface area contributed by atoms with E-state index in [1.165, 1.54) is 13.2 Å². The summed E-state index contributed by atoms with van der Waals surface area (Å²) in [5, 5.41) is 0.218. The maximum absolute atomic E-state index is 14.3. The third-order valence-corrected chi connectivity index (χ3v) is 4.34. The Hall–Kier alpha value is -2.21. The molecule has 0 bridgehead atoms. The van der Waals surface area contributed by atoms with Gasteiger partial charge in [0.1, 0.15) is 5.15 Å². The van der Waals surface area contributed by atoms with Gasteiger partial charge in [-0.3, -0.25) is 0 Å². The van der Waals surface area contributed by atoms with Gasteiger partial charge in [0.25, 0.3) is 5.92 Å². The number of benzene rings is 1. The van der Waals surface area contributed by atoms with Crippen LogP contribution >= 0.6 is 11.6 Å². The van der Waals surface area contributed by atoms with Crippen LogP contribution in [-0.2, 0) is 0 Å². The van der Waals surface area contributed by atoms with Crippen molar-refractivity contribution in [1.82, 2.24) is 9.97 Å². The molecule has 0 spiro atoms. The average molecular weight is 366 g/mol. The minimum absolute atomic E-state index is 0.111. The number of methoxy groups -OCH3 is 1. The summed E-state index contributed by atoms with van der Waals surface area (Å²) in [4.78, 5) is 10.1. The second kappa shape index (κ2) is 7.35. The molecular weight excluding hydrogens is 348 g/mol. The van der Waals surface area contributed by atoms with Crippen LogP contribution in [-0.4, -0.2) is 36.1 Å². The summed E-state index contributed by atoms with van der Waals surface area (Å²) in [6, 6.07) is 10.9. The molecular formula is C18H18ClF2N3O. The van der Waals surface area contributed by atoms with E-state index in [9.17, 15) is 8.78 Å². The van der Waals surface area contributed by atoms with Gasteiger partial charge in [-0.05, 0) is 5.56 Å². The van der Waals surface area contributed by atoms with Gasteiger partial charge in [0.15, 0.2) is 0 Å². The van der Waals surface area contributed by atoms with E-state index in [2.05, 4.69) is 9.97 Å². The Bertz CT molecular complexity index is 755. The van der Waals surface area contributed by atoms with Crippen LogP contribution in [0.5, 0.6) is 5.88 Å². The highest BCUT2D eigenvalue weighted by Crippen LogP contribution is 2.36. The standard InChI is InChI=1S/C18H18ClF2N3O/c1-25-16-11-15(19)22-17(23-16)24-10-9-18(20,21)14(12-24)8-7-13-5-3-2-4-6-13/h2-8,11,14H,9-10,12H2,1H3/b8-7+. The largest absolute Gasteiger partial charge is 0.481 e. The van der Waals surface area contributed by atoms with E-state index in [-0.39, 0.29) is 24.7 Å². The number of piperidine rings is 1. The molecule has 1 fully saturated rings. The van der Waals surface area contributed by atoms with E-state index in [0.717, 1.165) is 5.56 Å². The van der Waals surface area contributed by atoms with Crippen molar-refractivity contribution in [1.29, 1.82) is 0 Å². The van der Waals surface area contributed by atoms with Crippen LogP contribution < -0.4 is 9.64 Å². The number of hydrogen-bond acceptors (Lipinski definition) is 4. The minimum atomic E-state index is -2.77. The molecule has 1 atom stereocenters. The van der Waals surface area contributed by atoms with Crippen molar-refractivity contribution in [2.45, 2.75) is 12.3 Å². The number of anilines is 1. The highest BCUT2D eigenvalue weighted by atomic mass is 35.5. The number of aromatic nitrogens is 2. The van der Waals surface area contributed by atoms with Gasteiger partial charge in [-0.2, -0.15) is 4.98 Å². The Labute approximate surface area is 150 Å². The molecule has 3 rings (SSSR count). The molecule has 1 aliphatic rings. The zero-order chi connectivity index (χ0) is 17.9. The Kier molecular flexibility index (Phi) is 5.18. The van der Waals surface area contributed by atoms with E-state index in [4.69, 9.17) is 16.3 Å². The van der Waals surface area contributed by atoms with Gasteiger partial charge >= 0.3 is 0 Å². The molecule has 7 heteroatoms. The average Bonchev–Trinajstić information content (AvgIpc) is 2.61. The summed E-state index contributed by atoms with van der Waals surface area (Å²) in [5.74, 6) is -3.10. The van der Waals surface area contributed by atoms with E-state index in [1.807, 2.05) is 30.3 Å². The third kappa shape index (κ3) is 4.25. The molecule has 0 radical (unpaired) electrons.